The number of nitrogens with zero attached hydrogens (tertiary/aromatic N) is 2. The predicted molar refractivity (Wildman–Crippen MR) is 150 cm³/mol. The van der Waals surface area contributed by atoms with Crippen LogP contribution in [-0.2, 0) is 23.8 Å². The van der Waals surface area contributed by atoms with Crippen LogP contribution in [-0.4, -0.2) is 36.3 Å². The predicted octanol–water partition coefficient (Wildman–Crippen LogP) is 3.97. The SMILES string of the molecule is Cc1c(Oc2ccc3c(c2)CN(C)S(=O)(=O)N3)c(C(=O)NC2CC2)c(Nc2ccc(I)cc2F)n(C)c1=O. The summed E-state index contributed by atoms with van der Waals surface area (Å²) in [5.41, 5.74) is 0.994. The van der Waals surface area contributed by atoms with Crippen molar-refractivity contribution in [3.8, 4) is 11.5 Å². The van der Waals surface area contributed by atoms with Gasteiger partial charge in [-0.3, -0.25) is 18.9 Å². The van der Waals surface area contributed by atoms with Crippen LogP contribution < -0.4 is 25.7 Å². The summed E-state index contributed by atoms with van der Waals surface area (Å²) in [4.78, 5) is 26.7. The number of rotatable bonds is 6. The molecule has 10 nitrogen and oxygen atoms in total. The van der Waals surface area contributed by atoms with Crippen molar-refractivity contribution in [3.63, 3.8) is 0 Å². The fourth-order valence-electron chi connectivity index (χ4n) is 4.12. The zero-order valence-corrected chi connectivity index (χ0v) is 23.7. The summed E-state index contributed by atoms with van der Waals surface area (Å²) in [6.45, 7) is 1.67. The highest BCUT2D eigenvalue weighted by atomic mass is 127. The van der Waals surface area contributed by atoms with Crippen LogP contribution in [0.25, 0.3) is 0 Å². The number of aromatic nitrogens is 1. The van der Waals surface area contributed by atoms with Gasteiger partial charge in [0.05, 0.1) is 16.9 Å². The van der Waals surface area contributed by atoms with Crippen molar-refractivity contribution in [2.24, 2.45) is 7.05 Å². The summed E-state index contributed by atoms with van der Waals surface area (Å²) in [6, 6.07) is 9.37. The maximum Gasteiger partial charge on any atom is 0.301 e. The molecule has 0 spiro atoms. The van der Waals surface area contributed by atoms with Crippen LogP contribution in [0.2, 0.25) is 0 Å². The monoisotopic (exact) mass is 653 g/mol. The summed E-state index contributed by atoms with van der Waals surface area (Å²) in [5, 5.41) is 5.86. The van der Waals surface area contributed by atoms with Crippen LogP contribution in [0.15, 0.2) is 41.2 Å². The Balaban J connectivity index is 1.62. The number of pyridine rings is 1. The number of ether oxygens (including phenoxy) is 1. The summed E-state index contributed by atoms with van der Waals surface area (Å²) in [6.07, 6.45) is 1.69. The maximum atomic E-state index is 14.8. The molecule has 1 saturated carbocycles. The molecule has 2 heterocycles. The quantitative estimate of drug-likeness (QED) is 0.347. The molecule has 200 valence electrons. The minimum Gasteiger partial charge on any atom is -0.456 e. The van der Waals surface area contributed by atoms with Gasteiger partial charge >= 0.3 is 10.2 Å². The van der Waals surface area contributed by atoms with E-state index in [1.807, 2.05) is 22.6 Å². The molecule has 3 aromatic rings. The second-order valence-electron chi connectivity index (χ2n) is 9.32. The Morgan fingerprint density at radius 1 is 1.18 bits per heavy atom. The fraction of sp³-hybridized carbons (Fsp3) is 0.280. The van der Waals surface area contributed by atoms with Gasteiger partial charge in [0.25, 0.3) is 11.5 Å². The first-order chi connectivity index (χ1) is 17.9. The number of amides is 1. The second-order valence-corrected chi connectivity index (χ2v) is 12.3. The minimum absolute atomic E-state index is 0.0167. The molecule has 1 aromatic heterocycles. The van der Waals surface area contributed by atoms with Gasteiger partial charge in [0.15, 0.2) is 5.75 Å². The van der Waals surface area contributed by atoms with Gasteiger partial charge < -0.3 is 15.4 Å². The number of benzene rings is 2. The molecular weight excluding hydrogens is 628 g/mol. The van der Waals surface area contributed by atoms with E-state index in [1.165, 1.54) is 30.8 Å². The first-order valence-corrected chi connectivity index (χ1v) is 14.3. The molecule has 1 aliphatic heterocycles. The maximum absolute atomic E-state index is 14.8. The lowest BCUT2D eigenvalue weighted by molar-refractivity contribution is 0.0948. The molecule has 0 saturated heterocycles. The lowest BCUT2D eigenvalue weighted by Gasteiger charge is -2.26. The first-order valence-electron chi connectivity index (χ1n) is 11.8. The Hall–Kier alpha value is -3.17. The smallest absolute Gasteiger partial charge is 0.301 e. The molecule has 13 heteroatoms. The van der Waals surface area contributed by atoms with Crippen molar-refractivity contribution in [3.05, 3.63) is 72.8 Å². The zero-order valence-electron chi connectivity index (χ0n) is 20.8. The highest BCUT2D eigenvalue weighted by molar-refractivity contribution is 14.1. The van der Waals surface area contributed by atoms with E-state index in [4.69, 9.17) is 4.74 Å². The van der Waals surface area contributed by atoms with Crippen LogP contribution in [0.1, 0.15) is 34.3 Å². The van der Waals surface area contributed by atoms with E-state index in [0.29, 0.717) is 20.6 Å². The highest BCUT2D eigenvalue weighted by Crippen LogP contribution is 2.37. The average Bonchev–Trinajstić information content (AvgIpc) is 3.67. The fourth-order valence-corrected chi connectivity index (χ4v) is 5.52. The molecule has 0 atom stereocenters. The van der Waals surface area contributed by atoms with Gasteiger partial charge in [-0.1, -0.05) is 0 Å². The lowest BCUT2D eigenvalue weighted by Crippen LogP contribution is -2.36. The second kappa shape index (κ2) is 9.85. The Morgan fingerprint density at radius 2 is 1.92 bits per heavy atom. The van der Waals surface area contributed by atoms with Crippen molar-refractivity contribution < 1.29 is 22.3 Å². The van der Waals surface area contributed by atoms with E-state index in [2.05, 4.69) is 15.4 Å². The van der Waals surface area contributed by atoms with Crippen LogP contribution in [0, 0.1) is 16.3 Å². The van der Waals surface area contributed by atoms with Crippen molar-refractivity contribution >= 4 is 55.9 Å². The largest absolute Gasteiger partial charge is 0.456 e. The zero-order chi connectivity index (χ0) is 27.4. The number of fused-ring (bicyclic) bond motifs is 1. The van der Waals surface area contributed by atoms with Gasteiger partial charge in [0.2, 0.25) is 0 Å². The summed E-state index contributed by atoms with van der Waals surface area (Å²) < 4.78 is 50.8. The van der Waals surface area contributed by atoms with Gasteiger partial charge in [-0.15, -0.1) is 0 Å². The van der Waals surface area contributed by atoms with Crippen LogP contribution in [0.5, 0.6) is 11.5 Å². The number of anilines is 3. The Kier molecular flexibility index (Phi) is 6.86. The molecule has 0 radical (unpaired) electrons. The van der Waals surface area contributed by atoms with Gasteiger partial charge in [0, 0.05) is 30.3 Å². The number of halogens is 2. The van der Waals surface area contributed by atoms with Crippen molar-refractivity contribution in [2.75, 3.05) is 17.1 Å². The van der Waals surface area contributed by atoms with Crippen LogP contribution in [0.4, 0.5) is 21.6 Å². The molecule has 5 rings (SSSR count). The van der Waals surface area contributed by atoms with Gasteiger partial charge in [-0.25, -0.2) is 4.39 Å². The highest BCUT2D eigenvalue weighted by Gasteiger charge is 2.31. The normalized spacial score (nSPS) is 16.3. The van der Waals surface area contributed by atoms with E-state index < -0.39 is 27.5 Å². The van der Waals surface area contributed by atoms with Gasteiger partial charge in [-0.05, 0) is 84.3 Å². The summed E-state index contributed by atoms with van der Waals surface area (Å²) in [5.74, 6) is -0.576. The molecule has 1 fully saturated rings. The number of hydrogen-bond acceptors (Lipinski definition) is 6. The molecular formula is C25H25FIN5O5S. The number of carbonyl (C=O) groups is 1. The van der Waals surface area contributed by atoms with Crippen molar-refractivity contribution in [1.82, 2.24) is 14.2 Å². The minimum atomic E-state index is -3.62. The average molecular weight is 653 g/mol. The van der Waals surface area contributed by atoms with E-state index in [1.54, 1.807) is 31.2 Å². The number of carbonyl (C=O) groups excluding carboxylic acids is 1. The third-order valence-electron chi connectivity index (χ3n) is 6.43. The van der Waals surface area contributed by atoms with E-state index in [0.717, 1.165) is 17.1 Å². The molecule has 38 heavy (non-hydrogen) atoms. The third kappa shape index (κ3) is 5.09. The number of hydrogen-bond donors (Lipinski definition) is 3. The molecule has 2 aliphatic rings. The molecule has 1 amide bonds. The Morgan fingerprint density at radius 3 is 2.61 bits per heavy atom. The molecule has 0 bridgehead atoms. The van der Waals surface area contributed by atoms with Crippen molar-refractivity contribution in [1.29, 1.82) is 0 Å². The van der Waals surface area contributed by atoms with Gasteiger partial charge in [-0.2, -0.15) is 12.7 Å². The Bertz CT molecular complexity index is 1640. The molecule has 1 aliphatic carbocycles. The lowest BCUT2D eigenvalue weighted by atomic mass is 10.1. The topological polar surface area (TPSA) is 122 Å². The van der Waals surface area contributed by atoms with E-state index >= 15 is 0 Å². The van der Waals surface area contributed by atoms with Crippen LogP contribution in [0.3, 0.4) is 0 Å². The molecule has 0 unspecified atom stereocenters. The van der Waals surface area contributed by atoms with E-state index in [-0.39, 0.29) is 41.0 Å². The van der Waals surface area contributed by atoms with Crippen LogP contribution >= 0.6 is 22.6 Å². The first kappa shape index (κ1) is 26.4. The summed E-state index contributed by atoms with van der Waals surface area (Å²) >= 11 is 1.99. The standard InChI is InChI=1S/C25H25FIN5O5S/c1-13-22(37-17-7-9-19-14(10-17)12-31(2)38(35,36)30-19)21(24(33)28-16-5-6-16)23(32(3)25(13)34)29-20-8-4-15(27)11-18(20)26/h4,7-11,16,29-30H,5-6,12H2,1-3H3,(H,28,33). The third-order valence-corrected chi connectivity index (χ3v) is 8.53. The van der Waals surface area contributed by atoms with Crippen molar-refractivity contribution in [2.45, 2.75) is 32.4 Å². The summed E-state index contributed by atoms with van der Waals surface area (Å²) in [7, 11) is -0.672. The number of nitrogens with one attached hydrogen (secondary N) is 3. The Labute approximate surface area is 232 Å². The molecule has 3 N–H and O–H groups in total. The van der Waals surface area contributed by atoms with Gasteiger partial charge in [0.1, 0.15) is 22.9 Å². The molecule has 2 aromatic carbocycles. The van der Waals surface area contributed by atoms with E-state index in [9.17, 15) is 22.4 Å².